The summed E-state index contributed by atoms with van der Waals surface area (Å²) in [7, 11) is 1.72. The van der Waals surface area contributed by atoms with Crippen molar-refractivity contribution in [2.75, 3.05) is 7.11 Å². The summed E-state index contributed by atoms with van der Waals surface area (Å²) in [6.45, 7) is 0. The Labute approximate surface area is 112 Å². The highest BCUT2D eigenvalue weighted by atomic mass is 16.5. The summed E-state index contributed by atoms with van der Waals surface area (Å²) in [5.41, 5.74) is 1.09. The van der Waals surface area contributed by atoms with Gasteiger partial charge in [-0.2, -0.15) is 0 Å². The standard InChI is InChI=1S/C15H17NO3/c1-19-11-8-6-10(7-9-11)16-14(17)12-4-2-3-5-13(12)15(16)18/h2-5,10-11H,6-9H2,1H3/t10-,11+. The number of fused-ring (bicyclic) bond motifs is 1. The number of carbonyl (C=O) groups excluding carboxylic acids is 2. The van der Waals surface area contributed by atoms with Crippen LogP contribution in [0.1, 0.15) is 46.4 Å². The lowest BCUT2D eigenvalue weighted by Crippen LogP contribution is -2.42. The first-order valence-electron chi connectivity index (χ1n) is 6.72. The van der Waals surface area contributed by atoms with Crippen LogP contribution in [0.3, 0.4) is 0 Å². The van der Waals surface area contributed by atoms with E-state index < -0.39 is 0 Å². The van der Waals surface area contributed by atoms with E-state index in [2.05, 4.69) is 0 Å². The first kappa shape index (κ1) is 12.4. The zero-order valence-electron chi connectivity index (χ0n) is 11.0. The van der Waals surface area contributed by atoms with Gasteiger partial charge >= 0.3 is 0 Å². The Morgan fingerprint density at radius 2 is 1.53 bits per heavy atom. The molecule has 4 nitrogen and oxygen atoms in total. The number of benzene rings is 1. The smallest absolute Gasteiger partial charge is 0.261 e. The molecule has 4 heteroatoms. The summed E-state index contributed by atoms with van der Waals surface area (Å²) in [6.07, 6.45) is 3.77. The number of ether oxygens (including phenoxy) is 1. The Balaban J connectivity index is 1.81. The minimum Gasteiger partial charge on any atom is -0.381 e. The van der Waals surface area contributed by atoms with E-state index in [0.717, 1.165) is 25.7 Å². The minimum atomic E-state index is -0.138. The van der Waals surface area contributed by atoms with Crippen molar-refractivity contribution < 1.29 is 14.3 Å². The molecule has 0 unspecified atom stereocenters. The molecule has 3 rings (SSSR count). The molecule has 2 aliphatic rings. The monoisotopic (exact) mass is 259 g/mol. The van der Waals surface area contributed by atoms with E-state index in [4.69, 9.17) is 4.74 Å². The normalized spacial score (nSPS) is 26.7. The van der Waals surface area contributed by atoms with Gasteiger partial charge in [0, 0.05) is 13.2 Å². The van der Waals surface area contributed by atoms with Crippen LogP contribution in [-0.2, 0) is 4.74 Å². The van der Waals surface area contributed by atoms with Crippen LogP contribution >= 0.6 is 0 Å². The van der Waals surface area contributed by atoms with Gasteiger partial charge in [-0.05, 0) is 37.8 Å². The van der Waals surface area contributed by atoms with Crippen LogP contribution in [-0.4, -0.2) is 36.0 Å². The Bertz CT molecular complexity index is 483. The molecular formula is C15H17NO3. The highest BCUT2D eigenvalue weighted by Gasteiger charge is 2.40. The van der Waals surface area contributed by atoms with Crippen LogP contribution < -0.4 is 0 Å². The van der Waals surface area contributed by atoms with E-state index in [1.165, 1.54) is 4.90 Å². The summed E-state index contributed by atoms with van der Waals surface area (Å²) in [4.78, 5) is 26.1. The van der Waals surface area contributed by atoms with Gasteiger partial charge in [0.1, 0.15) is 0 Å². The average molecular weight is 259 g/mol. The van der Waals surface area contributed by atoms with Gasteiger partial charge in [0.05, 0.1) is 17.2 Å². The Kier molecular flexibility index (Phi) is 3.11. The first-order chi connectivity index (χ1) is 9.22. The molecular weight excluding hydrogens is 242 g/mol. The number of nitrogens with zero attached hydrogens (tertiary/aromatic N) is 1. The van der Waals surface area contributed by atoms with Crippen LogP contribution in [0.5, 0.6) is 0 Å². The molecule has 0 bridgehead atoms. The number of imide groups is 1. The van der Waals surface area contributed by atoms with Crippen LogP contribution in [0, 0.1) is 0 Å². The van der Waals surface area contributed by atoms with Gasteiger partial charge in [-0.25, -0.2) is 0 Å². The van der Waals surface area contributed by atoms with Crippen LogP contribution in [0.4, 0.5) is 0 Å². The van der Waals surface area contributed by atoms with Crippen molar-refractivity contribution in [1.82, 2.24) is 4.90 Å². The maximum Gasteiger partial charge on any atom is 0.261 e. The van der Waals surface area contributed by atoms with E-state index in [1.54, 1.807) is 31.4 Å². The molecule has 1 aromatic carbocycles. The molecule has 100 valence electrons. The van der Waals surface area contributed by atoms with Crippen LogP contribution in [0.2, 0.25) is 0 Å². The summed E-state index contributed by atoms with van der Waals surface area (Å²) in [6, 6.07) is 7.09. The Morgan fingerprint density at radius 3 is 2.00 bits per heavy atom. The predicted molar refractivity (Wildman–Crippen MR) is 70.0 cm³/mol. The molecule has 0 radical (unpaired) electrons. The number of rotatable bonds is 2. The van der Waals surface area contributed by atoms with Gasteiger partial charge in [0.15, 0.2) is 0 Å². The van der Waals surface area contributed by atoms with Crippen molar-refractivity contribution >= 4 is 11.8 Å². The van der Waals surface area contributed by atoms with Gasteiger partial charge < -0.3 is 4.74 Å². The lowest BCUT2D eigenvalue weighted by atomic mass is 9.92. The molecule has 19 heavy (non-hydrogen) atoms. The fraction of sp³-hybridized carbons (Fsp3) is 0.467. The molecule has 1 fully saturated rings. The van der Waals surface area contributed by atoms with E-state index in [1.807, 2.05) is 0 Å². The molecule has 1 aromatic rings. The van der Waals surface area contributed by atoms with Crippen molar-refractivity contribution in [3.63, 3.8) is 0 Å². The zero-order chi connectivity index (χ0) is 13.4. The summed E-state index contributed by atoms with van der Waals surface area (Å²) in [5, 5.41) is 0. The zero-order valence-corrected chi connectivity index (χ0v) is 11.0. The maximum atomic E-state index is 12.3. The molecule has 0 aromatic heterocycles. The Hall–Kier alpha value is -1.68. The van der Waals surface area contributed by atoms with E-state index in [-0.39, 0.29) is 24.0 Å². The summed E-state index contributed by atoms with van der Waals surface area (Å²) >= 11 is 0. The van der Waals surface area contributed by atoms with Crippen molar-refractivity contribution in [3.05, 3.63) is 35.4 Å². The number of carbonyl (C=O) groups is 2. The van der Waals surface area contributed by atoms with Crippen molar-refractivity contribution in [2.24, 2.45) is 0 Å². The molecule has 0 atom stereocenters. The average Bonchev–Trinajstić information content (AvgIpc) is 2.72. The van der Waals surface area contributed by atoms with E-state index in [0.29, 0.717) is 11.1 Å². The second-order valence-corrected chi connectivity index (χ2v) is 5.19. The van der Waals surface area contributed by atoms with Crippen molar-refractivity contribution in [2.45, 2.75) is 37.8 Å². The molecule has 1 aliphatic heterocycles. The largest absolute Gasteiger partial charge is 0.381 e. The van der Waals surface area contributed by atoms with Gasteiger partial charge in [0.25, 0.3) is 11.8 Å². The molecule has 1 aliphatic carbocycles. The van der Waals surface area contributed by atoms with Crippen molar-refractivity contribution in [3.8, 4) is 0 Å². The lowest BCUT2D eigenvalue weighted by molar-refractivity contribution is 0.0325. The van der Waals surface area contributed by atoms with E-state index >= 15 is 0 Å². The Morgan fingerprint density at radius 1 is 1.00 bits per heavy atom. The second kappa shape index (κ2) is 4.78. The third-order valence-corrected chi connectivity index (χ3v) is 4.17. The number of amides is 2. The summed E-state index contributed by atoms with van der Waals surface area (Å²) < 4.78 is 5.33. The SMILES string of the molecule is CO[C@H]1CC[C@@H](N2C(=O)c3ccccc3C2=O)CC1. The second-order valence-electron chi connectivity index (χ2n) is 5.19. The number of hydrogen-bond donors (Lipinski definition) is 0. The fourth-order valence-electron chi connectivity index (χ4n) is 3.08. The van der Waals surface area contributed by atoms with Gasteiger partial charge in [-0.1, -0.05) is 12.1 Å². The highest BCUT2D eigenvalue weighted by molar-refractivity contribution is 6.21. The molecule has 1 heterocycles. The van der Waals surface area contributed by atoms with Gasteiger partial charge in [0.2, 0.25) is 0 Å². The maximum absolute atomic E-state index is 12.3. The molecule has 0 saturated heterocycles. The highest BCUT2D eigenvalue weighted by Crippen LogP contribution is 2.31. The van der Waals surface area contributed by atoms with Crippen molar-refractivity contribution in [1.29, 1.82) is 0 Å². The molecule has 2 amide bonds. The molecule has 0 spiro atoms. The van der Waals surface area contributed by atoms with Gasteiger partial charge in [-0.3, -0.25) is 14.5 Å². The van der Waals surface area contributed by atoms with E-state index in [9.17, 15) is 9.59 Å². The number of methoxy groups -OCH3 is 1. The van der Waals surface area contributed by atoms with Gasteiger partial charge in [-0.15, -0.1) is 0 Å². The topological polar surface area (TPSA) is 46.6 Å². The predicted octanol–water partition coefficient (Wildman–Crippen LogP) is 2.24. The summed E-state index contributed by atoms with van der Waals surface area (Å²) in [5.74, 6) is -0.275. The number of hydrogen-bond acceptors (Lipinski definition) is 3. The minimum absolute atomic E-state index is 0.0267. The fourth-order valence-corrected chi connectivity index (χ4v) is 3.08. The third kappa shape index (κ3) is 1.96. The lowest BCUT2D eigenvalue weighted by Gasteiger charge is -2.32. The van der Waals surface area contributed by atoms with Crippen LogP contribution in [0.25, 0.3) is 0 Å². The third-order valence-electron chi connectivity index (χ3n) is 4.17. The van der Waals surface area contributed by atoms with Crippen LogP contribution in [0.15, 0.2) is 24.3 Å². The first-order valence-corrected chi connectivity index (χ1v) is 6.72. The quantitative estimate of drug-likeness (QED) is 0.765. The molecule has 1 saturated carbocycles. The molecule has 0 N–H and O–H groups in total.